The molecule has 0 aliphatic heterocycles. The molecule has 3 aromatic rings. The maximum atomic E-state index is 12.0. The first-order chi connectivity index (χ1) is 11.9. The van der Waals surface area contributed by atoms with Gasteiger partial charge in [-0.25, -0.2) is 4.79 Å². The number of nitrogens with one attached hydrogen (secondary N) is 1. The molecular weight excluding hydrogens is 365 g/mol. The molecule has 0 unspecified atom stereocenters. The highest BCUT2D eigenvalue weighted by atomic mass is 35.5. The van der Waals surface area contributed by atoms with Crippen LogP contribution in [-0.4, -0.2) is 12.5 Å². The average Bonchev–Trinajstić information content (AvgIpc) is 2.56. The first-order valence-corrected chi connectivity index (χ1v) is 8.10. The lowest BCUT2D eigenvalue weighted by atomic mass is 10.1. The predicted octanol–water partition coefficient (Wildman–Crippen LogP) is 4.43. The summed E-state index contributed by atoms with van der Waals surface area (Å²) in [6.07, 6.45) is 0. The summed E-state index contributed by atoms with van der Waals surface area (Å²) >= 11 is 11.7. The van der Waals surface area contributed by atoms with Gasteiger partial charge in [-0.05, 0) is 48.9 Å². The van der Waals surface area contributed by atoms with Crippen LogP contribution in [0.3, 0.4) is 0 Å². The zero-order valence-electron chi connectivity index (χ0n) is 13.1. The summed E-state index contributed by atoms with van der Waals surface area (Å²) in [6, 6.07) is 11.2. The topological polar surface area (TPSA) is 68.5 Å². The fourth-order valence-electron chi connectivity index (χ4n) is 2.31. The van der Waals surface area contributed by atoms with Crippen molar-refractivity contribution in [2.24, 2.45) is 0 Å². The minimum atomic E-state index is -0.403. The van der Waals surface area contributed by atoms with Crippen molar-refractivity contribution in [1.82, 2.24) is 0 Å². The summed E-state index contributed by atoms with van der Waals surface area (Å²) in [5.41, 5.74) is 1.37. The van der Waals surface area contributed by atoms with Crippen LogP contribution in [0.15, 0.2) is 51.7 Å². The lowest BCUT2D eigenvalue weighted by molar-refractivity contribution is -0.118. The SMILES string of the molecule is Cc1cc(=O)oc2ccc(OCC(=O)Nc3ccc(Cl)c(Cl)c3)cc12. The molecule has 0 saturated heterocycles. The zero-order valence-corrected chi connectivity index (χ0v) is 14.6. The van der Waals surface area contributed by atoms with Gasteiger partial charge >= 0.3 is 5.63 Å². The second-order valence-corrected chi connectivity index (χ2v) is 6.19. The van der Waals surface area contributed by atoms with Crippen LogP contribution in [0, 0.1) is 6.92 Å². The average molecular weight is 378 g/mol. The Kier molecular flexibility index (Phi) is 4.97. The van der Waals surface area contributed by atoms with Crippen molar-refractivity contribution in [3.05, 3.63) is 68.5 Å². The van der Waals surface area contributed by atoms with Crippen molar-refractivity contribution < 1.29 is 13.9 Å². The number of ether oxygens (including phenoxy) is 1. The molecule has 3 rings (SSSR count). The van der Waals surface area contributed by atoms with Gasteiger partial charge in [-0.1, -0.05) is 23.2 Å². The first kappa shape index (κ1) is 17.3. The van der Waals surface area contributed by atoms with Crippen molar-refractivity contribution in [1.29, 1.82) is 0 Å². The number of hydrogen-bond acceptors (Lipinski definition) is 4. The molecule has 1 N–H and O–H groups in total. The maximum Gasteiger partial charge on any atom is 0.336 e. The largest absolute Gasteiger partial charge is 0.484 e. The Hall–Kier alpha value is -2.50. The van der Waals surface area contributed by atoms with E-state index in [1.54, 1.807) is 43.3 Å². The van der Waals surface area contributed by atoms with Crippen LogP contribution >= 0.6 is 23.2 Å². The van der Waals surface area contributed by atoms with E-state index in [2.05, 4.69) is 5.32 Å². The molecule has 0 spiro atoms. The summed E-state index contributed by atoms with van der Waals surface area (Å²) < 4.78 is 10.6. The third-order valence-electron chi connectivity index (χ3n) is 3.49. The van der Waals surface area contributed by atoms with E-state index in [4.69, 9.17) is 32.4 Å². The molecule has 0 aliphatic rings. The fourth-order valence-corrected chi connectivity index (χ4v) is 2.61. The number of hydrogen-bond donors (Lipinski definition) is 1. The Balaban J connectivity index is 1.68. The van der Waals surface area contributed by atoms with E-state index < -0.39 is 5.63 Å². The molecular formula is C18H13Cl2NO4. The number of carbonyl (C=O) groups is 1. The van der Waals surface area contributed by atoms with Crippen molar-refractivity contribution in [2.45, 2.75) is 6.92 Å². The van der Waals surface area contributed by atoms with E-state index in [-0.39, 0.29) is 12.5 Å². The number of fused-ring (bicyclic) bond motifs is 1. The van der Waals surface area contributed by atoms with Gasteiger partial charge in [0.2, 0.25) is 0 Å². The molecule has 1 heterocycles. The molecule has 0 fully saturated rings. The molecule has 0 saturated carbocycles. The molecule has 2 aromatic carbocycles. The third kappa shape index (κ3) is 4.13. The number of anilines is 1. The highest BCUT2D eigenvalue weighted by Crippen LogP contribution is 2.25. The second kappa shape index (κ2) is 7.17. The molecule has 7 heteroatoms. The van der Waals surface area contributed by atoms with E-state index in [0.717, 1.165) is 10.9 Å². The summed E-state index contributed by atoms with van der Waals surface area (Å²) in [6.45, 7) is 1.63. The lowest BCUT2D eigenvalue weighted by Gasteiger charge is -2.09. The number of carbonyl (C=O) groups excluding carboxylic acids is 1. The lowest BCUT2D eigenvalue weighted by Crippen LogP contribution is -2.20. The molecule has 128 valence electrons. The minimum Gasteiger partial charge on any atom is -0.484 e. The molecule has 1 aromatic heterocycles. The van der Waals surface area contributed by atoms with Gasteiger partial charge in [-0.15, -0.1) is 0 Å². The van der Waals surface area contributed by atoms with E-state index in [0.29, 0.717) is 27.1 Å². The minimum absolute atomic E-state index is 0.179. The van der Waals surface area contributed by atoms with Crippen LogP contribution in [0.2, 0.25) is 10.0 Å². The normalized spacial score (nSPS) is 10.7. The van der Waals surface area contributed by atoms with Gasteiger partial charge in [-0.3, -0.25) is 4.79 Å². The first-order valence-electron chi connectivity index (χ1n) is 7.34. The number of halogens is 2. The summed E-state index contributed by atoms with van der Waals surface area (Å²) in [7, 11) is 0. The monoisotopic (exact) mass is 377 g/mol. The second-order valence-electron chi connectivity index (χ2n) is 5.37. The highest BCUT2D eigenvalue weighted by molar-refractivity contribution is 6.42. The summed E-state index contributed by atoms with van der Waals surface area (Å²) in [5, 5.41) is 4.19. The highest BCUT2D eigenvalue weighted by Gasteiger charge is 2.08. The van der Waals surface area contributed by atoms with Crippen LogP contribution in [0.1, 0.15) is 5.56 Å². The molecule has 0 atom stereocenters. The van der Waals surface area contributed by atoms with Gasteiger partial charge in [-0.2, -0.15) is 0 Å². The molecule has 0 bridgehead atoms. The van der Waals surface area contributed by atoms with Crippen molar-refractivity contribution in [3.8, 4) is 5.75 Å². The summed E-state index contributed by atoms with van der Waals surface area (Å²) in [5.74, 6) is 0.156. The molecule has 25 heavy (non-hydrogen) atoms. The van der Waals surface area contributed by atoms with Gasteiger partial charge in [0.15, 0.2) is 6.61 Å². The van der Waals surface area contributed by atoms with E-state index in [1.165, 1.54) is 6.07 Å². The Bertz CT molecular complexity index is 1010. The molecule has 0 aliphatic carbocycles. The van der Waals surface area contributed by atoms with Gasteiger partial charge in [0.05, 0.1) is 10.0 Å². The zero-order chi connectivity index (χ0) is 18.0. The van der Waals surface area contributed by atoms with Crippen molar-refractivity contribution in [2.75, 3.05) is 11.9 Å². The Labute approximate surface area is 153 Å². The molecule has 5 nitrogen and oxygen atoms in total. The fraction of sp³-hybridized carbons (Fsp3) is 0.111. The van der Waals surface area contributed by atoms with Crippen LogP contribution in [0.4, 0.5) is 5.69 Å². The van der Waals surface area contributed by atoms with E-state index >= 15 is 0 Å². The quantitative estimate of drug-likeness (QED) is 0.683. The summed E-state index contributed by atoms with van der Waals surface area (Å²) in [4.78, 5) is 23.3. The van der Waals surface area contributed by atoms with E-state index in [9.17, 15) is 9.59 Å². The van der Waals surface area contributed by atoms with Gasteiger partial charge < -0.3 is 14.5 Å². The van der Waals surface area contributed by atoms with E-state index in [1.807, 2.05) is 0 Å². The van der Waals surface area contributed by atoms with Crippen LogP contribution < -0.4 is 15.7 Å². The Morgan fingerprint density at radius 1 is 1.12 bits per heavy atom. The van der Waals surface area contributed by atoms with Gasteiger partial charge in [0.1, 0.15) is 11.3 Å². The van der Waals surface area contributed by atoms with Gasteiger partial charge in [0.25, 0.3) is 5.91 Å². The Morgan fingerprint density at radius 2 is 1.92 bits per heavy atom. The van der Waals surface area contributed by atoms with Crippen LogP contribution in [-0.2, 0) is 4.79 Å². The van der Waals surface area contributed by atoms with Crippen molar-refractivity contribution in [3.63, 3.8) is 0 Å². The smallest absolute Gasteiger partial charge is 0.336 e. The number of benzene rings is 2. The van der Waals surface area contributed by atoms with Crippen molar-refractivity contribution >= 4 is 45.8 Å². The number of rotatable bonds is 4. The molecule has 1 amide bonds. The molecule has 0 radical (unpaired) electrons. The van der Waals surface area contributed by atoms with Gasteiger partial charge in [0, 0.05) is 17.1 Å². The standard InChI is InChI=1S/C18H13Cl2NO4/c1-10-6-18(23)25-16-5-3-12(8-13(10)16)24-9-17(22)21-11-2-4-14(19)15(20)7-11/h2-8H,9H2,1H3,(H,21,22). The number of amides is 1. The predicted molar refractivity (Wildman–Crippen MR) is 97.8 cm³/mol. The van der Waals surface area contributed by atoms with Crippen LogP contribution in [0.5, 0.6) is 5.75 Å². The number of aryl methyl sites for hydroxylation is 1. The van der Waals surface area contributed by atoms with Crippen LogP contribution in [0.25, 0.3) is 11.0 Å². The third-order valence-corrected chi connectivity index (χ3v) is 4.23. The maximum absolute atomic E-state index is 12.0. The Morgan fingerprint density at radius 3 is 2.68 bits per heavy atom.